The van der Waals surface area contributed by atoms with Crippen molar-refractivity contribution in [2.24, 2.45) is 5.73 Å². The number of hydrogen-bond acceptors (Lipinski definition) is 5. The predicted octanol–water partition coefficient (Wildman–Crippen LogP) is 0.442. The summed E-state index contributed by atoms with van der Waals surface area (Å²) in [6.45, 7) is 4.90. The Bertz CT molecular complexity index is 284. The SMILES string of the molecule is COCCOCCCOCCC(C)(NC1CC1)C(N)=O. The molecule has 1 unspecified atom stereocenters. The first-order chi connectivity index (χ1) is 9.58. The fourth-order valence-electron chi connectivity index (χ4n) is 1.83. The van der Waals surface area contributed by atoms with Gasteiger partial charge in [0, 0.05) is 33.0 Å². The van der Waals surface area contributed by atoms with Crippen molar-refractivity contribution in [2.45, 2.75) is 44.2 Å². The molecule has 20 heavy (non-hydrogen) atoms. The van der Waals surface area contributed by atoms with Crippen molar-refractivity contribution in [1.29, 1.82) is 0 Å². The van der Waals surface area contributed by atoms with Crippen LogP contribution in [-0.4, -0.2) is 57.6 Å². The highest BCUT2D eigenvalue weighted by Crippen LogP contribution is 2.23. The molecule has 1 atom stereocenters. The molecule has 0 aliphatic heterocycles. The quantitative estimate of drug-likeness (QED) is 0.481. The number of ether oxygens (including phenoxy) is 3. The van der Waals surface area contributed by atoms with Gasteiger partial charge in [0.15, 0.2) is 0 Å². The van der Waals surface area contributed by atoms with E-state index < -0.39 is 5.54 Å². The molecule has 0 aromatic rings. The van der Waals surface area contributed by atoms with Gasteiger partial charge in [-0.05, 0) is 32.6 Å². The molecule has 1 aliphatic rings. The normalized spacial score (nSPS) is 17.9. The molecule has 1 rings (SSSR count). The van der Waals surface area contributed by atoms with E-state index in [2.05, 4.69) is 5.32 Å². The number of nitrogens with two attached hydrogens (primary N) is 1. The fraction of sp³-hybridized carbons (Fsp3) is 0.929. The lowest BCUT2D eigenvalue weighted by molar-refractivity contribution is -0.124. The van der Waals surface area contributed by atoms with E-state index in [1.165, 1.54) is 0 Å². The molecule has 0 radical (unpaired) electrons. The van der Waals surface area contributed by atoms with Crippen molar-refractivity contribution >= 4 is 5.91 Å². The molecular weight excluding hydrogens is 260 g/mol. The van der Waals surface area contributed by atoms with Crippen LogP contribution in [0.1, 0.15) is 32.6 Å². The van der Waals surface area contributed by atoms with Gasteiger partial charge in [0.05, 0.1) is 18.8 Å². The van der Waals surface area contributed by atoms with E-state index in [1.54, 1.807) is 7.11 Å². The van der Waals surface area contributed by atoms with Gasteiger partial charge >= 0.3 is 0 Å². The maximum atomic E-state index is 11.5. The molecule has 6 heteroatoms. The minimum atomic E-state index is -0.657. The summed E-state index contributed by atoms with van der Waals surface area (Å²) in [4.78, 5) is 11.5. The summed E-state index contributed by atoms with van der Waals surface area (Å²) < 4.78 is 15.7. The molecule has 0 spiro atoms. The molecular formula is C14H28N2O4. The first-order valence-electron chi connectivity index (χ1n) is 7.30. The Morgan fingerprint density at radius 2 is 1.85 bits per heavy atom. The van der Waals surface area contributed by atoms with E-state index in [0.29, 0.717) is 45.5 Å². The second kappa shape index (κ2) is 9.28. The summed E-state index contributed by atoms with van der Waals surface area (Å²) in [6, 6.07) is 0.446. The second-order valence-electron chi connectivity index (χ2n) is 5.44. The van der Waals surface area contributed by atoms with Gasteiger partial charge in [-0.2, -0.15) is 0 Å². The average Bonchev–Trinajstić information content (AvgIpc) is 3.20. The van der Waals surface area contributed by atoms with Crippen molar-refractivity contribution in [1.82, 2.24) is 5.32 Å². The molecule has 1 saturated carbocycles. The van der Waals surface area contributed by atoms with Crippen LogP contribution in [0.15, 0.2) is 0 Å². The molecule has 3 N–H and O–H groups in total. The van der Waals surface area contributed by atoms with Gasteiger partial charge < -0.3 is 25.3 Å². The van der Waals surface area contributed by atoms with Crippen molar-refractivity contribution in [3.05, 3.63) is 0 Å². The third kappa shape index (κ3) is 7.19. The van der Waals surface area contributed by atoms with E-state index in [0.717, 1.165) is 19.3 Å². The summed E-state index contributed by atoms with van der Waals surface area (Å²) in [5.41, 5.74) is 4.81. The number of methoxy groups -OCH3 is 1. The Hall–Kier alpha value is -0.690. The maximum Gasteiger partial charge on any atom is 0.237 e. The molecule has 1 fully saturated rings. The summed E-state index contributed by atoms with van der Waals surface area (Å²) in [5.74, 6) is -0.309. The molecule has 0 aromatic heterocycles. The monoisotopic (exact) mass is 288 g/mol. The van der Waals surface area contributed by atoms with Gasteiger partial charge in [-0.15, -0.1) is 0 Å². The number of hydrogen-bond donors (Lipinski definition) is 2. The third-order valence-electron chi connectivity index (χ3n) is 3.40. The molecule has 1 amide bonds. The first-order valence-corrected chi connectivity index (χ1v) is 7.30. The van der Waals surface area contributed by atoms with Crippen molar-refractivity contribution in [3.8, 4) is 0 Å². The number of amides is 1. The van der Waals surface area contributed by atoms with E-state index in [9.17, 15) is 4.79 Å². The van der Waals surface area contributed by atoms with Crippen molar-refractivity contribution < 1.29 is 19.0 Å². The van der Waals surface area contributed by atoms with Crippen molar-refractivity contribution in [2.75, 3.05) is 40.1 Å². The van der Waals surface area contributed by atoms with Crippen LogP contribution >= 0.6 is 0 Å². The lowest BCUT2D eigenvalue weighted by atomic mass is 9.97. The van der Waals surface area contributed by atoms with E-state index in [4.69, 9.17) is 19.9 Å². The van der Waals surface area contributed by atoms with E-state index in [-0.39, 0.29) is 5.91 Å². The number of rotatable bonds is 13. The zero-order chi connectivity index (χ0) is 14.8. The minimum absolute atomic E-state index is 0.309. The van der Waals surface area contributed by atoms with Gasteiger partial charge in [0.2, 0.25) is 5.91 Å². The molecule has 0 heterocycles. The van der Waals surface area contributed by atoms with Gasteiger partial charge in [-0.3, -0.25) is 4.79 Å². The number of carbonyl (C=O) groups is 1. The smallest absolute Gasteiger partial charge is 0.237 e. The third-order valence-corrected chi connectivity index (χ3v) is 3.40. The molecule has 6 nitrogen and oxygen atoms in total. The Morgan fingerprint density at radius 1 is 1.20 bits per heavy atom. The Morgan fingerprint density at radius 3 is 2.40 bits per heavy atom. The number of primary amides is 1. The summed E-state index contributed by atoms with van der Waals surface area (Å²) in [6.07, 6.45) is 3.70. The van der Waals surface area contributed by atoms with Gasteiger partial charge in [-0.1, -0.05) is 0 Å². The summed E-state index contributed by atoms with van der Waals surface area (Å²) in [7, 11) is 1.65. The van der Waals surface area contributed by atoms with Crippen LogP contribution in [0.5, 0.6) is 0 Å². The number of carbonyl (C=O) groups excluding carboxylic acids is 1. The van der Waals surface area contributed by atoms with Crippen LogP contribution in [0, 0.1) is 0 Å². The van der Waals surface area contributed by atoms with E-state index in [1.807, 2.05) is 6.92 Å². The van der Waals surface area contributed by atoms with Gasteiger partial charge in [0.1, 0.15) is 0 Å². The standard InChI is InChI=1S/C14H28N2O4/c1-14(13(15)17,16-12-4-5-12)6-9-19-7-3-8-20-11-10-18-2/h12,16H,3-11H2,1-2H3,(H2,15,17). The Kier molecular flexibility index (Phi) is 8.06. The summed E-state index contributed by atoms with van der Waals surface area (Å²) in [5, 5.41) is 3.30. The zero-order valence-corrected chi connectivity index (χ0v) is 12.7. The maximum absolute atomic E-state index is 11.5. The highest BCUT2D eigenvalue weighted by molar-refractivity contribution is 5.84. The number of nitrogens with one attached hydrogen (secondary N) is 1. The van der Waals surface area contributed by atoms with E-state index >= 15 is 0 Å². The Balaban J connectivity index is 2.01. The van der Waals surface area contributed by atoms with Crippen LogP contribution in [0.3, 0.4) is 0 Å². The first kappa shape index (κ1) is 17.4. The van der Waals surface area contributed by atoms with Crippen LogP contribution in [-0.2, 0) is 19.0 Å². The Labute approximate surface area is 121 Å². The highest BCUT2D eigenvalue weighted by atomic mass is 16.5. The lowest BCUT2D eigenvalue weighted by Gasteiger charge is -2.27. The zero-order valence-electron chi connectivity index (χ0n) is 12.7. The lowest BCUT2D eigenvalue weighted by Crippen LogP contribution is -2.54. The van der Waals surface area contributed by atoms with Gasteiger partial charge in [-0.25, -0.2) is 0 Å². The molecule has 1 aliphatic carbocycles. The van der Waals surface area contributed by atoms with Crippen molar-refractivity contribution in [3.63, 3.8) is 0 Å². The molecule has 118 valence electrons. The second-order valence-corrected chi connectivity index (χ2v) is 5.44. The fourth-order valence-corrected chi connectivity index (χ4v) is 1.83. The topological polar surface area (TPSA) is 82.8 Å². The predicted molar refractivity (Wildman–Crippen MR) is 76.5 cm³/mol. The average molecular weight is 288 g/mol. The summed E-state index contributed by atoms with van der Waals surface area (Å²) >= 11 is 0. The van der Waals surface area contributed by atoms with Crippen LogP contribution < -0.4 is 11.1 Å². The van der Waals surface area contributed by atoms with Crippen LogP contribution in [0.2, 0.25) is 0 Å². The van der Waals surface area contributed by atoms with Crippen LogP contribution in [0.4, 0.5) is 0 Å². The molecule has 0 bridgehead atoms. The van der Waals surface area contributed by atoms with Crippen LogP contribution in [0.25, 0.3) is 0 Å². The molecule has 0 aromatic carbocycles. The molecule has 0 saturated heterocycles. The largest absolute Gasteiger partial charge is 0.382 e. The minimum Gasteiger partial charge on any atom is -0.382 e. The van der Waals surface area contributed by atoms with Gasteiger partial charge in [0.25, 0.3) is 0 Å². The highest BCUT2D eigenvalue weighted by Gasteiger charge is 2.36.